The Morgan fingerprint density at radius 3 is 2.00 bits per heavy atom. The second-order valence-corrected chi connectivity index (χ2v) is 6.18. The van der Waals surface area contributed by atoms with E-state index in [1.807, 2.05) is 6.07 Å². The molecule has 0 aliphatic rings. The molecule has 0 fully saturated rings. The van der Waals surface area contributed by atoms with E-state index in [1.165, 1.54) is 0 Å². The molecule has 0 atom stereocenters. The van der Waals surface area contributed by atoms with Gasteiger partial charge in [-0.1, -0.05) is 18.2 Å². The van der Waals surface area contributed by atoms with Crippen molar-refractivity contribution in [3.05, 3.63) is 93.4 Å². The topological polar surface area (TPSA) is 135 Å². The van der Waals surface area contributed by atoms with E-state index in [4.69, 9.17) is 0 Å². The van der Waals surface area contributed by atoms with Crippen LogP contribution in [0.25, 0.3) is 0 Å². The van der Waals surface area contributed by atoms with Gasteiger partial charge in [0.2, 0.25) is 5.91 Å². The molecule has 30 heavy (non-hydrogen) atoms. The molecule has 0 unspecified atom stereocenters. The fraction of sp³-hybridized carbons (Fsp3) is 0.0500. The van der Waals surface area contributed by atoms with Crippen molar-refractivity contribution in [2.24, 2.45) is 0 Å². The van der Waals surface area contributed by atoms with Gasteiger partial charge >= 0.3 is 6.03 Å². The number of benzene rings is 2. The number of urea groups is 1. The van der Waals surface area contributed by atoms with E-state index < -0.39 is 22.4 Å². The van der Waals surface area contributed by atoms with E-state index in [1.54, 1.807) is 48.5 Å². The maximum absolute atomic E-state index is 12.2. The molecule has 0 radical (unpaired) electrons. The maximum atomic E-state index is 12.2. The SMILES string of the molecule is O=C(Cn1cc([N+](=O)[O-])ccc1=O)Nc1ccc(NC(=O)Nc2ccccc2)cc1. The quantitative estimate of drug-likeness (QED) is 0.426. The second kappa shape index (κ2) is 9.15. The molecule has 1 aromatic heterocycles. The zero-order valence-corrected chi connectivity index (χ0v) is 15.6. The third-order valence-electron chi connectivity index (χ3n) is 3.95. The number of nitrogens with one attached hydrogen (secondary N) is 3. The van der Waals surface area contributed by atoms with Crippen molar-refractivity contribution in [2.45, 2.75) is 6.54 Å². The van der Waals surface area contributed by atoms with Gasteiger partial charge in [0, 0.05) is 29.2 Å². The zero-order chi connectivity index (χ0) is 21.5. The number of carbonyl (C=O) groups is 2. The van der Waals surface area contributed by atoms with Crippen LogP contribution in [0.4, 0.5) is 27.5 Å². The van der Waals surface area contributed by atoms with Crippen molar-refractivity contribution in [1.82, 2.24) is 4.57 Å². The molecule has 10 nitrogen and oxygen atoms in total. The Labute approximate surface area is 170 Å². The molecule has 1 heterocycles. The lowest BCUT2D eigenvalue weighted by molar-refractivity contribution is -0.385. The van der Waals surface area contributed by atoms with Crippen LogP contribution in [-0.4, -0.2) is 21.4 Å². The van der Waals surface area contributed by atoms with Crippen molar-refractivity contribution < 1.29 is 14.5 Å². The van der Waals surface area contributed by atoms with Crippen LogP contribution in [0, 0.1) is 10.1 Å². The summed E-state index contributed by atoms with van der Waals surface area (Å²) in [5, 5.41) is 18.7. The van der Waals surface area contributed by atoms with E-state index >= 15 is 0 Å². The fourth-order valence-electron chi connectivity index (χ4n) is 2.56. The molecular weight excluding hydrogens is 390 g/mol. The summed E-state index contributed by atoms with van der Waals surface area (Å²) in [6.45, 7) is -0.375. The highest BCUT2D eigenvalue weighted by Gasteiger charge is 2.11. The van der Waals surface area contributed by atoms with Gasteiger partial charge in [0.15, 0.2) is 0 Å². The van der Waals surface area contributed by atoms with E-state index in [-0.39, 0.29) is 12.2 Å². The van der Waals surface area contributed by atoms with Gasteiger partial charge in [0.05, 0.1) is 11.1 Å². The summed E-state index contributed by atoms with van der Waals surface area (Å²) in [5.41, 5.74) is 0.783. The molecule has 0 saturated heterocycles. The van der Waals surface area contributed by atoms with Crippen molar-refractivity contribution >= 4 is 34.7 Å². The molecule has 3 aromatic rings. The molecule has 3 rings (SSSR count). The van der Waals surface area contributed by atoms with Crippen molar-refractivity contribution in [1.29, 1.82) is 0 Å². The van der Waals surface area contributed by atoms with Crippen LogP contribution in [0.5, 0.6) is 0 Å². The molecule has 2 aromatic carbocycles. The molecule has 3 N–H and O–H groups in total. The van der Waals surface area contributed by atoms with Gasteiger partial charge < -0.3 is 16.0 Å². The summed E-state index contributed by atoms with van der Waals surface area (Å²) in [6.07, 6.45) is 1.01. The number of nitro groups is 1. The Bertz CT molecular complexity index is 1130. The molecule has 0 aliphatic heterocycles. The number of nitrogens with zero attached hydrogens (tertiary/aromatic N) is 2. The number of amides is 3. The van der Waals surface area contributed by atoms with Crippen LogP contribution in [-0.2, 0) is 11.3 Å². The van der Waals surface area contributed by atoms with Gasteiger partial charge in [-0.05, 0) is 36.4 Å². The number of hydrogen-bond acceptors (Lipinski definition) is 5. The van der Waals surface area contributed by atoms with Crippen LogP contribution < -0.4 is 21.5 Å². The molecule has 0 aliphatic carbocycles. The highest BCUT2D eigenvalue weighted by atomic mass is 16.6. The predicted octanol–water partition coefficient (Wildman–Crippen LogP) is 3.04. The number of pyridine rings is 1. The van der Waals surface area contributed by atoms with Crippen molar-refractivity contribution in [2.75, 3.05) is 16.0 Å². The Morgan fingerprint density at radius 2 is 1.40 bits per heavy atom. The Morgan fingerprint density at radius 1 is 0.833 bits per heavy atom. The normalized spacial score (nSPS) is 10.1. The average Bonchev–Trinajstić information content (AvgIpc) is 2.71. The number of anilines is 3. The third-order valence-corrected chi connectivity index (χ3v) is 3.95. The van der Waals surface area contributed by atoms with Gasteiger partial charge in [-0.3, -0.25) is 24.3 Å². The Kier molecular flexibility index (Phi) is 6.18. The highest BCUT2D eigenvalue weighted by Crippen LogP contribution is 2.15. The van der Waals surface area contributed by atoms with Gasteiger partial charge in [0.25, 0.3) is 11.2 Å². The molecule has 3 amide bonds. The van der Waals surface area contributed by atoms with Crippen LogP contribution in [0.2, 0.25) is 0 Å². The van der Waals surface area contributed by atoms with E-state index in [9.17, 15) is 24.5 Å². The number of para-hydroxylation sites is 1. The first kappa shape index (κ1) is 20.3. The van der Waals surface area contributed by atoms with Crippen LogP contribution in [0.3, 0.4) is 0 Å². The summed E-state index contributed by atoms with van der Waals surface area (Å²) in [5.74, 6) is -0.528. The number of carbonyl (C=O) groups excluding carboxylic acids is 2. The van der Waals surface area contributed by atoms with E-state index in [2.05, 4.69) is 16.0 Å². The Balaban J connectivity index is 1.57. The van der Waals surface area contributed by atoms with E-state index in [0.717, 1.165) is 22.9 Å². The van der Waals surface area contributed by atoms with Gasteiger partial charge in [0.1, 0.15) is 6.54 Å². The number of aromatic nitrogens is 1. The lowest BCUT2D eigenvalue weighted by Gasteiger charge is -2.10. The summed E-state index contributed by atoms with van der Waals surface area (Å²) < 4.78 is 0.956. The average molecular weight is 407 g/mol. The minimum atomic E-state index is -0.645. The van der Waals surface area contributed by atoms with Gasteiger partial charge in [-0.25, -0.2) is 4.79 Å². The standard InChI is InChI=1S/C20H17N5O5/c26-18(13-24-12-17(25(29)30)10-11-19(24)27)21-15-6-8-16(9-7-15)23-20(28)22-14-4-2-1-3-5-14/h1-12H,13H2,(H,21,26)(H2,22,23,28). The summed E-state index contributed by atoms with van der Waals surface area (Å²) in [7, 11) is 0. The number of rotatable bonds is 6. The summed E-state index contributed by atoms with van der Waals surface area (Å²) in [6, 6.07) is 17.0. The highest BCUT2D eigenvalue weighted by molar-refractivity contribution is 6.00. The van der Waals surface area contributed by atoms with Gasteiger partial charge in [-0.2, -0.15) is 0 Å². The predicted molar refractivity (Wildman–Crippen MR) is 112 cm³/mol. The summed E-state index contributed by atoms with van der Waals surface area (Å²) in [4.78, 5) is 46.1. The smallest absolute Gasteiger partial charge is 0.323 e. The van der Waals surface area contributed by atoms with Crippen LogP contribution >= 0.6 is 0 Å². The molecule has 10 heteroatoms. The lowest BCUT2D eigenvalue weighted by atomic mass is 10.2. The minimum Gasteiger partial charge on any atom is -0.325 e. The zero-order valence-electron chi connectivity index (χ0n) is 15.6. The first-order valence-corrected chi connectivity index (χ1v) is 8.78. The largest absolute Gasteiger partial charge is 0.325 e. The van der Waals surface area contributed by atoms with Crippen molar-refractivity contribution in [3.8, 4) is 0 Å². The van der Waals surface area contributed by atoms with Gasteiger partial charge in [-0.15, -0.1) is 0 Å². The van der Waals surface area contributed by atoms with Crippen LogP contribution in [0.1, 0.15) is 0 Å². The van der Waals surface area contributed by atoms with Crippen molar-refractivity contribution in [3.63, 3.8) is 0 Å². The second-order valence-electron chi connectivity index (χ2n) is 6.18. The lowest BCUT2D eigenvalue weighted by Crippen LogP contribution is -2.27. The first-order chi connectivity index (χ1) is 14.4. The number of hydrogen-bond donors (Lipinski definition) is 3. The van der Waals surface area contributed by atoms with Crippen LogP contribution in [0.15, 0.2) is 77.7 Å². The summed E-state index contributed by atoms with van der Waals surface area (Å²) >= 11 is 0. The molecular formula is C20H17N5O5. The van der Waals surface area contributed by atoms with E-state index in [0.29, 0.717) is 17.1 Å². The molecule has 0 spiro atoms. The fourth-order valence-corrected chi connectivity index (χ4v) is 2.56. The minimum absolute atomic E-state index is 0.286. The first-order valence-electron chi connectivity index (χ1n) is 8.78. The molecule has 152 valence electrons. The maximum Gasteiger partial charge on any atom is 0.323 e. The molecule has 0 bridgehead atoms. The molecule has 0 saturated carbocycles. The Hall–Kier alpha value is -4.47. The monoisotopic (exact) mass is 407 g/mol. The third kappa shape index (κ3) is 5.52.